The number of anilines is 1. The van der Waals surface area contributed by atoms with Crippen molar-refractivity contribution in [2.45, 2.75) is 11.8 Å². The van der Waals surface area contributed by atoms with Crippen LogP contribution in [-0.2, 0) is 17.1 Å². The van der Waals surface area contributed by atoms with Crippen molar-refractivity contribution in [3.05, 3.63) is 24.2 Å². The van der Waals surface area contributed by atoms with Crippen molar-refractivity contribution in [1.82, 2.24) is 14.9 Å². The standard InChI is InChI=1S/C8H10N4O3S/c1-6-7(5-9-12(6)2)16(13,14)11-8-3-4-15-10-8/h3-5H,1-2H3,(H,10,11). The van der Waals surface area contributed by atoms with Crippen molar-refractivity contribution in [3.63, 3.8) is 0 Å². The highest BCUT2D eigenvalue weighted by Crippen LogP contribution is 2.16. The topological polar surface area (TPSA) is 90.0 Å². The lowest BCUT2D eigenvalue weighted by molar-refractivity contribution is 0.423. The van der Waals surface area contributed by atoms with Gasteiger partial charge in [0, 0.05) is 13.1 Å². The highest BCUT2D eigenvalue weighted by Gasteiger charge is 2.20. The summed E-state index contributed by atoms with van der Waals surface area (Å²) >= 11 is 0. The van der Waals surface area contributed by atoms with Gasteiger partial charge in [0.25, 0.3) is 10.0 Å². The summed E-state index contributed by atoms with van der Waals surface area (Å²) in [6.45, 7) is 1.67. The molecule has 2 heterocycles. The molecule has 0 spiro atoms. The number of nitrogens with zero attached hydrogens (tertiary/aromatic N) is 3. The Morgan fingerprint density at radius 2 is 2.25 bits per heavy atom. The molecular formula is C8H10N4O3S. The zero-order chi connectivity index (χ0) is 11.8. The average Bonchev–Trinajstić information content (AvgIpc) is 2.78. The average molecular weight is 242 g/mol. The monoisotopic (exact) mass is 242 g/mol. The molecule has 16 heavy (non-hydrogen) atoms. The first-order valence-corrected chi connectivity index (χ1v) is 5.91. The first-order chi connectivity index (χ1) is 7.50. The third-order valence-electron chi connectivity index (χ3n) is 2.16. The quantitative estimate of drug-likeness (QED) is 0.847. The number of nitrogens with one attached hydrogen (secondary N) is 1. The summed E-state index contributed by atoms with van der Waals surface area (Å²) in [5.41, 5.74) is 0.552. The van der Waals surface area contributed by atoms with E-state index in [1.165, 1.54) is 23.2 Å². The molecule has 1 N–H and O–H groups in total. The van der Waals surface area contributed by atoms with E-state index in [0.29, 0.717) is 5.69 Å². The van der Waals surface area contributed by atoms with E-state index in [-0.39, 0.29) is 10.7 Å². The van der Waals surface area contributed by atoms with Gasteiger partial charge in [-0.25, -0.2) is 8.42 Å². The second-order valence-electron chi connectivity index (χ2n) is 3.21. The van der Waals surface area contributed by atoms with Crippen LogP contribution in [0.3, 0.4) is 0 Å². The molecule has 0 atom stereocenters. The normalized spacial score (nSPS) is 11.6. The Morgan fingerprint density at radius 1 is 1.50 bits per heavy atom. The molecule has 0 unspecified atom stereocenters. The van der Waals surface area contributed by atoms with Crippen LogP contribution in [0.2, 0.25) is 0 Å². The maximum absolute atomic E-state index is 11.9. The number of rotatable bonds is 3. The van der Waals surface area contributed by atoms with E-state index >= 15 is 0 Å². The Balaban J connectivity index is 2.36. The SMILES string of the molecule is Cc1c(S(=O)(=O)Nc2ccon2)cnn1C. The lowest BCUT2D eigenvalue weighted by Crippen LogP contribution is -2.14. The molecule has 0 saturated heterocycles. The molecule has 8 heteroatoms. The fourth-order valence-corrected chi connectivity index (χ4v) is 2.40. The van der Waals surface area contributed by atoms with Gasteiger partial charge in [-0.1, -0.05) is 5.16 Å². The molecule has 0 aliphatic carbocycles. The smallest absolute Gasteiger partial charge is 0.266 e. The van der Waals surface area contributed by atoms with Crippen molar-refractivity contribution in [3.8, 4) is 0 Å². The van der Waals surface area contributed by atoms with E-state index in [2.05, 4.69) is 19.5 Å². The van der Waals surface area contributed by atoms with Gasteiger partial charge in [-0.2, -0.15) is 5.10 Å². The van der Waals surface area contributed by atoms with Gasteiger partial charge in [-0.15, -0.1) is 0 Å². The van der Waals surface area contributed by atoms with E-state index < -0.39 is 10.0 Å². The maximum atomic E-state index is 11.9. The van der Waals surface area contributed by atoms with Crippen LogP contribution in [0.5, 0.6) is 0 Å². The predicted molar refractivity (Wildman–Crippen MR) is 55.3 cm³/mol. The van der Waals surface area contributed by atoms with Crippen LogP contribution in [0.25, 0.3) is 0 Å². The van der Waals surface area contributed by atoms with E-state index in [1.54, 1.807) is 14.0 Å². The zero-order valence-corrected chi connectivity index (χ0v) is 9.52. The van der Waals surface area contributed by atoms with Crippen LogP contribution in [-0.4, -0.2) is 23.4 Å². The van der Waals surface area contributed by atoms with Crippen molar-refractivity contribution in [1.29, 1.82) is 0 Å². The van der Waals surface area contributed by atoms with Crippen molar-refractivity contribution >= 4 is 15.8 Å². The minimum atomic E-state index is -3.65. The minimum Gasteiger partial charge on any atom is -0.363 e. The van der Waals surface area contributed by atoms with E-state index in [9.17, 15) is 8.42 Å². The summed E-state index contributed by atoms with van der Waals surface area (Å²) in [6, 6.07) is 1.42. The lowest BCUT2D eigenvalue weighted by atomic mass is 10.5. The third-order valence-corrected chi connectivity index (χ3v) is 3.61. The van der Waals surface area contributed by atoms with Crippen LogP contribution >= 0.6 is 0 Å². The Kier molecular flexibility index (Phi) is 2.43. The highest BCUT2D eigenvalue weighted by molar-refractivity contribution is 7.92. The van der Waals surface area contributed by atoms with Crippen LogP contribution in [0.15, 0.2) is 27.9 Å². The van der Waals surface area contributed by atoms with Gasteiger partial charge in [0.15, 0.2) is 5.82 Å². The number of sulfonamides is 1. The Hall–Kier alpha value is -1.83. The van der Waals surface area contributed by atoms with Crippen LogP contribution in [0.1, 0.15) is 5.69 Å². The molecule has 2 rings (SSSR count). The summed E-state index contributed by atoms with van der Waals surface area (Å²) in [5.74, 6) is 0.142. The molecule has 0 saturated carbocycles. The summed E-state index contributed by atoms with van der Waals surface area (Å²) < 4.78 is 32.1. The first-order valence-electron chi connectivity index (χ1n) is 4.42. The fourth-order valence-electron chi connectivity index (χ4n) is 1.20. The van der Waals surface area contributed by atoms with Crippen LogP contribution < -0.4 is 4.72 Å². The third kappa shape index (κ3) is 1.78. The summed E-state index contributed by atoms with van der Waals surface area (Å²) in [6.07, 6.45) is 2.58. The van der Waals surface area contributed by atoms with Gasteiger partial charge < -0.3 is 4.52 Å². The molecule has 2 aromatic rings. The number of aromatic nitrogens is 3. The Bertz CT molecular complexity index is 585. The van der Waals surface area contributed by atoms with Gasteiger partial charge in [-0.05, 0) is 6.92 Å². The lowest BCUT2D eigenvalue weighted by Gasteiger charge is -2.03. The fraction of sp³-hybridized carbons (Fsp3) is 0.250. The van der Waals surface area contributed by atoms with Gasteiger partial charge in [-0.3, -0.25) is 9.40 Å². The second kappa shape index (κ2) is 3.63. The van der Waals surface area contributed by atoms with Gasteiger partial charge in [0.1, 0.15) is 11.2 Å². The molecule has 0 amide bonds. The predicted octanol–water partition coefficient (Wildman–Crippen LogP) is 0.517. The molecule has 0 aliphatic rings. The molecule has 0 bridgehead atoms. The van der Waals surface area contributed by atoms with Gasteiger partial charge in [0.2, 0.25) is 0 Å². The van der Waals surface area contributed by atoms with Crippen LogP contribution in [0, 0.1) is 6.92 Å². The molecular weight excluding hydrogens is 232 g/mol. The Labute approximate surface area is 92.1 Å². The van der Waals surface area contributed by atoms with Gasteiger partial charge in [0.05, 0.1) is 11.9 Å². The molecule has 2 aromatic heterocycles. The summed E-state index contributed by atoms with van der Waals surface area (Å²) in [4.78, 5) is 0.123. The van der Waals surface area contributed by atoms with Crippen molar-refractivity contribution < 1.29 is 12.9 Å². The molecule has 0 aliphatic heterocycles. The highest BCUT2D eigenvalue weighted by atomic mass is 32.2. The first kappa shape index (κ1) is 10.7. The minimum absolute atomic E-state index is 0.123. The molecule has 0 radical (unpaired) electrons. The number of aryl methyl sites for hydroxylation is 1. The number of hydrogen-bond donors (Lipinski definition) is 1. The summed E-state index contributed by atoms with van der Waals surface area (Å²) in [5, 5.41) is 7.34. The van der Waals surface area contributed by atoms with Crippen molar-refractivity contribution in [2.75, 3.05) is 4.72 Å². The Morgan fingerprint density at radius 3 is 2.75 bits per heavy atom. The van der Waals surface area contributed by atoms with Crippen molar-refractivity contribution in [2.24, 2.45) is 7.05 Å². The summed E-state index contributed by atoms with van der Waals surface area (Å²) in [7, 11) is -1.98. The van der Waals surface area contributed by atoms with E-state index in [4.69, 9.17) is 0 Å². The second-order valence-corrected chi connectivity index (χ2v) is 4.86. The molecule has 86 valence electrons. The largest absolute Gasteiger partial charge is 0.363 e. The van der Waals surface area contributed by atoms with E-state index in [1.807, 2.05) is 0 Å². The van der Waals surface area contributed by atoms with Gasteiger partial charge >= 0.3 is 0 Å². The molecule has 0 fully saturated rings. The van der Waals surface area contributed by atoms with E-state index in [0.717, 1.165) is 0 Å². The number of hydrogen-bond acceptors (Lipinski definition) is 5. The molecule has 7 nitrogen and oxygen atoms in total. The van der Waals surface area contributed by atoms with Crippen LogP contribution in [0.4, 0.5) is 5.82 Å². The maximum Gasteiger partial charge on any atom is 0.266 e. The molecule has 0 aromatic carbocycles. The zero-order valence-electron chi connectivity index (χ0n) is 8.71.